The first-order valence-corrected chi connectivity index (χ1v) is 7.42. The molecule has 0 saturated carbocycles. The van der Waals surface area contributed by atoms with Crippen LogP contribution in [0.4, 0.5) is 0 Å². The zero-order chi connectivity index (χ0) is 16.5. The van der Waals surface area contributed by atoms with Crippen LogP contribution in [0.5, 0.6) is 0 Å². The van der Waals surface area contributed by atoms with E-state index >= 15 is 0 Å². The van der Waals surface area contributed by atoms with Gasteiger partial charge in [0.05, 0.1) is 0 Å². The standard InChI is InChI=1S/C18H20N2O3/c1-19-18(22)13-23-20-17(21)12-16(14-8-4-2-5-9-14)15-10-6-3-7-11-15/h2-11,16H,12-13H2,1H3,(H,19,22)(H,20,21). The lowest BCUT2D eigenvalue weighted by Gasteiger charge is -2.17. The highest BCUT2D eigenvalue weighted by Gasteiger charge is 2.18. The van der Waals surface area contributed by atoms with Gasteiger partial charge in [0.15, 0.2) is 6.61 Å². The number of hydrogen-bond donors (Lipinski definition) is 2. The molecule has 0 saturated heterocycles. The Morgan fingerprint density at radius 1 is 0.913 bits per heavy atom. The predicted molar refractivity (Wildman–Crippen MR) is 87.5 cm³/mol. The molecule has 2 rings (SSSR count). The fraction of sp³-hybridized carbons (Fsp3) is 0.222. The molecular formula is C18H20N2O3. The van der Waals surface area contributed by atoms with Gasteiger partial charge in [0.2, 0.25) is 11.8 Å². The van der Waals surface area contributed by atoms with Crippen molar-refractivity contribution in [3.63, 3.8) is 0 Å². The number of benzene rings is 2. The molecule has 0 aliphatic heterocycles. The van der Waals surface area contributed by atoms with Crippen LogP contribution in [0.3, 0.4) is 0 Å². The lowest BCUT2D eigenvalue weighted by atomic mass is 9.88. The fourth-order valence-electron chi connectivity index (χ4n) is 2.28. The third-order valence-corrected chi connectivity index (χ3v) is 3.46. The average molecular weight is 312 g/mol. The smallest absolute Gasteiger partial charge is 0.248 e. The summed E-state index contributed by atoms with van der Waals surface area (Å²) in [6, 6.07) is 19.7. The summed E-state index contributed by atoms with van der Waals surface area (Å²) in [5.74, 6) is -0.638. The van der Waals surface area contributed by atoms with Gasteiger partial charge in [0.25, 0.3) is 0 Å². The van der Waals surface area contributed by atoms with Gasteiger partial charge in [-0.15, -0.1) is 0 Å². The summed E-state index contributed by atoms with van der Waals surface area (Å²) in [4.78, 5) is 28.1. The van der Waals surface area contributed by atoms with E-state index in [-0.39, 0.29) is 30.8 Å². The SMILES string of the molecule is CNC(=O)CONC(=O)CC(c1ccccc1)c1ccccc1. The van der Waals surface area contributed by atoms with Crippen LogP contribution in [-0.4, -0.2) is 25.5 Å². The summed E-state index contributed by atoms with van der Waals surface area (Å²) in [7, 11) is 1.51. The molecule has 2 aromatic carbocycles. The van der Waals surface area contributed by atoms with Crippen LogP contribution < -0.4 is 10.8 Å². The lowest BCUT2D eigenvalue weighted by molar-refractivity contribution is -0.139. The predicted octanol–water partition coefficient (Wildman–Crippen LogP) is 2.00. The molecule has 2 aromatic rings. The van der Waals surface area contributed by atoms with E-state index in [1.54, 1.807) is 0 Å². The van der Waals surface area contributed by atoms with Crippen LogP contribution in [0.2, 0.25) is 0 Å². The van der Waals surface area contributed by atoms with Crippen LogP contribution in [-0.2, 0) is 14.4 Å². The van der Waals surface area contributed by atoms with E-state index in [1.165, 1.54) is 7.05 Å². The Morgan fingerprint density at radius 3 is 1.91 bits per heavy atom. The molecule has 0 heterocycles. The van der Waals surface area contributed by atoms with Gasteiger partial charge in [-0.25, -0.2) is 5.48 Å². The number of nitrogens with one attached hydrogen (secondary N) is 2. The molecule has 0 bridgehead atoms. The molecule has 2 N–H and O–H groups in total. The number of hydrogen-bond acceptors (Lipinski definition) is 3. The van der Waals surface area contributed by atoms with Crippen molar-refractivity contribution in [2.75, 3.05) is 13.7 Å². The second-order valence-electron chi connectivity index (χ2n) is 5.07. The van der Waals surface area contributed by atoms with Crippen molar-refractivity contribution in [1.29, 1.82) is 0 Å². The van der Waals surface area contributed by atoms with Gasteiger partial charge < -0.3 is 5.32 Å². The Morgan fingerprint density at radius 2 is 1.43 bits per heavy atom. The maximum Gasteiger partial charge on any atom is 0.248 e. The number of likely N-dealkylation sites (N-methyl/N-ethyl adjacent to an activating group) is 1. The quantitative estimate of drug-likeness (QED) is 0.769. The van der Waals surface area contributed by atoms with Gasteiger partial charge in [-0.3, -0.25) is 14.4 Å². The Labute approximate surface area is 135 Å². The van der Waals surface area contributed by atoms with Gasteiger partial charge >= 0.3 is 0 Å². The lowest BCUT2D eigenvalue weighted by Crippen LogP contribution is -2.31. The highest BCUT2D eigenvalue weighted by atomic mass is 16.7. The minimum Gasteiger partial charge on any atom is -0.357 e. The Hall–Kier alpha value is -2.66. The second kappa shape index (κ2) is 8.70. The molecule has 0 fully saturated rings. The minimum absolute atomic E-state index is 0.0685. The van der Waals surface area contributed by atoms with Crippen molar-refractivity contribution in [2.45, 2.75) is 12.3 Å². The maximum atomic E-state index is 12.1. The van der Waals surface area contributed by atoms with Crippen LogP contribution in [0, 0.1) is 0 Å². The number of rotatable bonds is 7. The van der Waals surface area contributed by atoms with Gasteiger partial charge in [0.1, 0.15) is 0 Å². The third kappa shape index (κ3) is 5.23. The molecule has 0 aromatic heterocycles. The van der Waals surface area contributed by atoms with Gasteiger partial charge in [0, 0.05) is 19.4 Å². The molecule has 0 aliphatic rings. The van der Waals surface area contributed by atoms with Gasteiger partial charge in [-0.05, 0) is 11.1 Å². The highest BCUT2D eigenvalue weighted by molar-refractivity contribution is 5.78. The Balaban J connectivity index is 2.04. The van der Waals surface area contributed by atoms with Crippen LogP contribution >= 0.6 is 0 Å². The van der Waals surface area contributed by atoms with Crippen molar-refractivity contribution in [2.24, 2.45) is 0 Å². The van der Waals surface area contributed by atoms with E-state index < -0.39 is 0 Å². The first-order chi connectivity index (χ1) is 11.2. The monoisotopic (exact) mass is 312 g/mol. The second-order valence-corrected chi connectivity index (χ2v) is 5.07. The summed E-state index contributed by atoms with van der Waals surface area (Å²) in [5.41, 5.74) is 4.43. The van der Waals surface area contributed by atoms with Crippen molar-refractivity contribution in [1.82, 2.24) is 10.8 Å². The van der Waals surface area contributed by atoms with Crippen molar-refractivity contribution in [3.05, 3.63) is 71.8 Å². The van der Waals surface area contributed by atoms with Crippen LogP contribution in [0.25, 0.3) is 0 Å². The summed E-state index contributed by atoms with van der Waals surface area (Å²) in [6.07, 6.45) is 0.238. The molecule has 0 aliphatic carbocycles. The topological polar surface area (TPSA) is 67.4 Å². The van der Waals surface area contributed by atoms with E-state index in [0.29, 0.717) is 0 Å². The molecule has 0 radical (unpaired) electrons. The maximum absolute atomic E-state index is 12.1. The molecule has 0 atom stereocenters. The Bertz CT molecular complexity index is 590. The van der Waals surface area contributed by atoms with E-state index in [9.17, 15) is 9.59 Å². The summed E-state index contributed by atoms with van der Waals surface area (Å²) in [5, 5.41) is 2.42. The summed E-state index contributed by atoms with van der Waals surface area (Å²) < 4.78 is 0. The van der Waals surface area contributed by atoms with Gasteiger partial charge in [-0.1, -0.05) is 60.7 Å². The van der Waals surface area contributed by atoms with E-state index in [4.69, 9.17) is 4.84 Å². The Kier molecular flexibility index (Phi) is 6.32. The highest BCUT2D eigenvalue weighted by Crippen LogP contribution is 2.27. The molecule has 23 heavy (non-hydrogen) atoms. The average Bonchev–Trinajstić information content (AvgIpc) is 2.61. The molecule has 2 amide bonds. The zero-order valence-electron chi connectivity index (χ0n) is 13.0. The van der Waals surface area contributed by atoms with Crippen LogP contribution in [0.15, 0.2) is 60.7 Å². The molecular weight excluding hydrogens is 292 g/mol. The first kappa shape index (κ1) is 16.7. The normalized spacial score (nSPS) is 10.3. The molecule has 5 nitrogen and oxygen atoms in total. The summed E-state index contributed by atoms with van der Waals surface area (Å²) in [6.45, 7) is -0.205. The van der Waals surface area contributed by atoms with Crippen molar-refractivity contribution >= 4 is 11.8 Å². The van der Waals surface area contributed by atoms with Crippen molar-refractivity contribution < 1.29 is 14.4 Å². The van der Waals surface area contributed by atoms with E-state index in [0.717, 1.165) is 11.1 Å². The first-order valence-electron chi connectivity index (χ1n) is 7.42. The van der Waals surface area contributed by atoms with E-state index in [1.807, 2.05) is 60.7 Å². The van der Waals surface area contributed by atoms with Crippen molar-refractivity contribution in [3.8, 4) is 0 Å². The molecule has 0 unspecified atom stereocenters. The van der Waals surface area contributed by atoms with E-state index in [2.05, 4.69) is 10.8 Å². The number of amides is 2. The molecule has 5 heteroatoms. The minimum atomic E-state index is -0.298. The van der Waals surface area contributed by atoms with Crippen LogP contribution in [0.1, 0.15) is 23.5 Å². The zero-order valence-corrected chi connectivity index (χ0v) is 13.0. The number of carbonyl (C=O) groups excluding carboxylic acids is 2. The number of hydroxylamine groups is 1. The van der Waals surface area contributed by atoms with Gasteiger partial charge in [-0.2, -0.15) is 0 Å². The largest absolute Gasteiger partial charge is 0.357 e. The molecule has 120 valence electrons. The fourth-order valence-corrected chi connectivity index (χ4v) is 2.28. The molecule has 0 spiro atoms. The third-order valence-electron chi connectivity index (χ3n) is 3.46. The summed E-state index contributed by atoms with van der Waals surface area (Å²) >= 11 is 0. The number of carbonyl (C=O) groups is 2.